The summed E-state index contributed by atoms with van der Waals surface area (Å²) >= 11 is 1.42. The molecule has 4 N–H and O–H groups in total. The number of benzene rings is 2. The SMILES string of the molecule is CC1NC(SCc2ccccc2F)NC(=O)C1CC(=O)NCCc1c[nH]c2ccccc12. The molecule has 3 aromatic rings. The quantitative estimate of drug-likeness (QED) is 0.421. The van der Waals surface area contributed by atoms with Gasteiger partial charge < -0.3 is 15.6 Å². The van der Waals surface area contributed by atoms with E-state index in [0.29, 0.717) is 17.9 Å². The summed E-state index contributed by atoms with van der Waals surface area (Å²) in [5, 5.41) is 10.3. The number of hydrogen-bond donors (Lipinski definition) is 4. The lowest BCUT2D eigenvalue weighted by Gasteiger charge is -2.35. The number of para-hydroxylation sites is 1. The van der Waals surface area contributed by atoms with Gasteiger partial charge in [0.2, 0.25) is 11.8 Å². The largest absolute Gasteiger partial charge is 0.361 e. The molecule has 1 fully saturated rings. The summed E-state index contributed by atoms with van der Waals surface area (Å²) in [7, 11) is 0. The van der Waals surface area contributed by atoms with Crippen LogP contribution in [0, 0.1) is 11.7 Å². The third-order valence-electron chi connectivity index (χ3n) is 5.79. The lowest BCUT2D eigenvalue weighted by atomic mass is 9.94. The molecular formula is C24H27FN4O2S. The van der Waals surface area contributed by atoms with Crippen LogP contribution in [-0.4, -0.2) is 34.9 Å². The van der Waals surface area contributed by atoms with Gasteiger partial charge in [-0.1, -0.05) is 36.4 Å². The van der Waals surface area contributed by atoms with Crippen molar-refractivity contribution in [1.29, 1.82) is 0 Å². The average molecular weight is 455 g/mol. The highest BCUT2D eigenvalue weighted by atomic mass is 32.2. The van der Waals surface area contributed by atoms with Crippen molar-refractivity contribution in [3.8, 4) is 0 Å². The first kappa shape index (κ1) is 22.4. The van der Waals surface area contributed by atoms with E-state index in [1.807, 2.05) is 31.3 Å². The Bertz CT molecular complexity index is 1100. The number of halogens is 1. The summed E-state index contributed by atoms with van der Waals surface area (Å²) < 4.78 is 13.8. The number of amides is 2. The van der Waals surface area contributed by atoms with Crippen molar-refractivity contribution in [1.82, 2.24) is 20.9 Å². The van der Waals surface area contributed by atoms with Crippen molar-refractivity contribution in [2.24, 2.45) is 5.92 Å². The molecule has 32 heavy (non-hydrogen) atoms. The maximum atomic E-state index is 13.8. The number of carbonyl (C=O) groups is 2. The summed E-state index contributed by atoms with van der Waals surface area (Å²) in [5.74, 6) is -0.563. The molecular weight excluding hydrogens is 427 g/mol. The highest BCUT2D eigenvalue weighted by molar-refractivity contribution is 7.99. The first-order valence-corrected chi connectivity index (χ1v) is 11.8. The molecule has 1 aliphatic rings. The lowest BCUT2D eigenvalue weighted by Crippen LogP contribution is -2.59. The molecule has 168 valence electrons. The third kappa shape index (κ3) is 5.31. The van der Waals surface area contributed by atoms with Crippen LogP contribution in [0.3, 0.4) is 0 Å². The number of fused-ring (bicyclic) bond motifs is 1. The van der Waals surface area contributed by atoms with E-state index < -0.39 is 5.92 Å². The minimum Gasteiger partial charge on any atom is -0.361 e. The van der Waals surface area contributed by atoms with E-state index in [1.54, 1.807) is 18.2 Å². The van der Waals surface area contributed by atoms with Crippen molar-refractivity contribution < 1.29 is 14.0 Å². The molecule has 1 saturated heterocycles. The van der Waals surface area contributed by atoms with Gasteiger partial charge in [-0.3, -0.25) is 14.9 Å². The molecule has 8 heteroatoms. The van der Waals surface area contributed by atoms with Gasteiger partial charge in [-0.05, 0) is 36.6 Å². The zero-order valence-corrected chi connectivity index (χ0v) is 18.7. The normalized spacial score (nSPS) is 20.8. The van der Waals surface area contributed by atoms with Gasteiger partial charge in [-0.15, -0.1) is 11.8 Å². The highest BCUT2D eigenvalue weighted by Gasteiger charge is 2.34. The van der Waals surface area contributed by atoms with Gasteiger partial charge in [-0.25, -0.2) is 4.39 Å². The predicted octanol–water partition coefficient (Wildman–Crippen LogP) is 3.30. The Morgan fingerprint density at radius 2 is 1.91 bits per heavy atom. The molecule has 3 unspecified atom stereocenters. The van der Waals surface area contributed by atoms with Crippen molar-refractivity contribution >= 4 is 34.5 Å². The molecule has 0 radical (unpaired) electrons. The number of rotatable bonds is 8. The maximum absolute atomic E-state index is 13.8. The topological polar surface area (TPSA) is 86.0 Å². The molecule has 6 nitrogen and oxygen atoms in total. The Hall–Kier alpha value is -2.84. The number of aromatic amines is 1. The fourth-order valence-electron chi connectivity index (χ4n) is 3.95. The van der Waals surface area contributed by atoms with Crippen LogP contribution in [0.4, 0.5) is 4.39 Å². The van der Waals surface area contributed by atoms with Crippen molar-refractivity contribution in [3.63, 3.8) is 0 Å². The number of hydrogen-bond acceptors (Lipinski definition) is 4. The summed E-state index contributed by atoms with van der Waals surface area (Å²) in [6, 6.07) is 14.5. The van der Waals surface area contributed by atoms with Gasteiger partial charge in [0.15, 0.2) is 0 Å². The molecule has 2 heterocycles. The van der Waals surface area contributed by atoms with Crippen LogP contribution in [-0.2, 0) is 21.8 Å². The first-order valence-electron chi connectivity index (χ1n) is 10.7. The number of carbonyl (C=O) groups excluding carboxylic acids is 2. The molecule has 0 bridgehead atoms. The minimum absolute atomic E-state index is 0.124. The Morgan fingerprint density at radius 3 is 2.72 bits per heavy atom. The van der Waals surface area contributed by atoms with E-state index in [-0.39, 0.29) is 35.6 Å². The highest BCUT2D eigenvalue weighted by Crippen LogP contribution is 2.23. The van der Waals surface area contributed by atoms with Crippen LogP contribution in [0.15, 0.2) is 54.7 Å². The second-order valence-electron chi connectivity index (χ2n) is 8.02. The molecule has 1 aliphatic heterocycles. The van der Waals surface area contributed by atoms with E-state index in [4.69, 9.17) is 0 Å². The molecule has 1 aromatic heterocycles. The smallest absolute Gasteiger partial charge is 0.227 e. The van der Waals surface area contributed by atoms with Crippen LogP contribution in [0.5, 0.6) is 0 Å². The van der Waals surface area contributed by atoms with Gasteiger partial charge in [0.25, 0.3) is 0 Å². The van der Waals surface area contributed by atoms with Gasteiger partial charge in [0.1, 0.15) is 11.3 Å². The van der Waals surface area contributed by atoms with E-state index in [1.165, 1.54) is 17.8 Å². The monoisotopic (exact) mass is 454 g/mol. The summed E-state index contributed by atoms with van der Waals surface area (Å²) in [5.41, 5.74) is 2.51. The van der Waals surface area contributed by atoms with E-state index in [0.717, 1.165) is 22.9 Å². The van der Waals surface area contributed by atoms with Gasteiger partial charge in [0.05, 0.1) is 5.92 Å². The Morgan fingerprint density at radius 1 is 1.12 bits per heavy atom. The fraction of sp³-hybridized carbons (Fsp3) is 0.333. The van der Waals surface area contributed by atoms with Crippen molar-refractivity contribution in [3.05, 3.63) is 71.7 Å². The number of nitrogens with one attached hydrogen (secondary N) is 4. The predicted molar refractivity (Wildman–Crippen MR) is 125 cm³/mol. The van der Waals surface area contributed by atoms with E-state index in [2.05, 4.69) is 27.0 Å². The lowest BCUT2D eigenvalue weighted by molar-refractivity contribution is -0.133. The molecule has 2 amide bonds. The van der Waals surface area contributed by atoms with Crippen LogP contribution >= 0.6 is 11.8 Å². The summed E-state index contributed by atoms with van der Waals surface area (Å²) in [4.78, 5) is 28.3. The van der Waals surface area contributed by atoms with E-state index >= 15 is 0 Å². The number of H-pyrrole nitrogens is 1. The molecule has 4 rings (SSSR count). The minimum atomic E-state index is -0.451. The first-order chi connectivity index (χ1) is 15.5. The Labute approximate surface area is 190 Å². The molecule has 3 atom stereocenters. The van der Waals surface area contributed by atoms with Gasteiger partial charge in [0, 0.05) is 41.9 Å². The second kappa shape index (κ2) is 10.2. The van der Waals surface area contributed by atoms with Crippen LogP contribution < -0.4 is 16.0 Å². The number of thioether (sulfide) groups is 1. The average Bonchev–Trinajstić information content (AvgIpc) is 3.19. The van der Waals surface area contributed by atoms with E-state index in [9.17, 15) is 14.0 Å². The summed E-state index contributed by atoms with van der Waals surface area (Å²) in [6.07, 6.45) is 2.81. The standard InChI is InChI=1S/C24H27FN4O2S/c1-15-19(23(31)29-24(28-15)32-14-17-6-2-4-8-20(17)25)12-22(30)26-11-10-16-13-27-21-9-5-3-7-18(16)21/h2-9,13,15,19,24,27-28H,10-12,14H2,1H3,(H,26,30)(H,29,31). The van der Waals surface area contributed by atoms with Crippen molar-refractivity contribution in [2.45, 2.75) is 37.1 Å². The third-order valence-corrected chi connectivity index (χ3v) is 6.85. The number of aromatic nitrogens is 1. The van der Waals surface area contributed by atoms with Crippen LogP contribution in [0.25, 0.3) is 10.9 Å². The Kier molecular flexibility index (Phi) is 7.12. The molecule has 0 aliphatic carbocycles. The van der Waals surface area contributed by atoms with Crippen LogP contribution in [0.1, 0.15) is 24.5 Å². The molecule has 0 spiro atoms. The van der Waals surface area contributed by atoms with Crippen molar-refractivity contribution in [2.75, 3.05) is 6.54 Å². The zero-order valence-electron chi connectivity index (χ0n) is 17.9. The van der Waals surface area contributed by atoms with Crippen LogP contribution in [0.2, 0.25) is 0 Å². The zero-order chi connectivity index (χ0) is 22.5. The summed E-state index contributed by atoms with van der Waals surface area (Å²) in [6.45, 7) is 2.41. The Balaban J connectivity index is 1.23. The van der Waals surface area contributed by atoms with Gasteiger partial charge >= 0.3 is 0 Å². The maximum Gasteiger partial charge on any atom is 0.227 e. The molecule has 2 aromatic carbocycles. The fourth-order valence-corrected chi connectivity index (χ4v) is 5.05. The second-order valence-corrected chi connectivity index (χ2v) is 9.11. The van der Waals surface area contributed by atoms with Gasteiger partial charge in [-0.2, -0.15) is 0 Å². The molecule has 0 saturated carbocycles.